The smallest absolute Gasteiger partial charge is 0.0701 e. The number of aliphatic hydroxyl groups is 1. The molecule has 0 heterocycles. The van der Waals surface area contributed by atoms with Gasteiger partial charge in [-0.15, -0.1) is 0 Å². The van der Waals surface area contributed by atoms with Gasteiger partial charge < -0.3 is 9.84 Å². The molecule has 4 aliphatic rings. The second-order valence-corrected chi connectivity index (χ2v) is 9.73. The van der Waals surface area contributed by atoms with Crippen molar-refractivity contribution in [1.29, 1.82) is 0 Å². The predicted octanol–water partition coefficient (Wildman–Crippen LogP) is 4.80. The van der Waals surface area contributed by atoms with Crippen molar-refractivity contribution in [3.8, 4) is 0 Å². The van der Waals surface area contributed by atoms with Crippen LogP contribution < -0.4 is 0 Å². The Morgan fingerprint density at radius 2 is 1.83 bits per heavy atom. The lowest BCUT2D eigenvalue weighted by Crippen LogP contribution is -2.53. The van der Waals surface area contributed by atoms with Crippen LogP contribution in [0.15, 0.2) is 0 Å². The Balaban J connectivity index is 1.49. The van der Waals surface area contributed by atoms with Crippen molar-refractivity contribution in [2.75, 3.05) is 13.2 Å². The molecule has 4 fully saturated rings. The van der Waals surface area contributed by atoms with Gasteiger partial charge >= 0.3 is 0 Å². The summed E-state index contributed by atoms with van der Waals surface area (Å²) >= 11 is 0. The summed E-state index contributed by atoms with van der Waals surface area (Å²) in [6.45, 7) is 5.94. The molecule has 2 nitrogen and oxygen atoms in total. The first-order valence-electron chi connectivity index (χ1n) is 10.3. The minimum Gasteiger partial charge on any atom is -0.394 e. The molecule has 0 spiro atoms. The lowest BCUT2D eigenvalue weighted by molar-refractivity contribution is -0.131. The van der Waals surface area contributed by atoms with Gasteiger partial charge in [0.05, 0.1) is 19.3 Å². The van der Waals surface area contributed by atoms with Crippen LogP contribution in [0.4, 0.5) is 0 Å². The number of rotatable bonds is 3. The highest BCUT2D eigenvalue weighted by molar-refractivity contribution is 5.07. The molecule has 7 atom stereocenters. The maximum absolute atomic E-state index is 9.02. The fraction of sp³-hybridized carbons (Fsp3) is 1.00. The van der Waals surface area contributed by atoms with Crippen LogP contribution in [0.1, 0.15) is 78.1 Å². The van der Waals surface area contributed by atoms with Crippen LogP contribution in [0, 0.1) is 34.5 Å². The summed E-state index contributed by atoms with van der Waals surface area (Å²) in [5, 5.41) is 9.02. The number of fused-ring (bicyclic) bond motifs is 5. The maximum atomic E-state index is 9.02. The number of hydrogen-bond donors (Lipinski definition) is 1. The highest BCUT2D eigenvalue weighted by Crippen LogP contribution is 2.66. The van der Waals surface area contributed by atoms with Gasteiger partial charge in [0.2, 0.25) is 0 Å². The highest BCUT2D eigenvalue weighted by Gasteiger charge is 2.57. The molecule has 0 aromatic rings. The fourth-order valence-electron chi connectivity index (χ4n) is 7.58. The molecule has 0 amide bonds. The van der Waals surface area contributed by atoms with Gasteiger partial charge in [-0.2, -0.15) is 0 Å². The largest absolute Gasteiger partial charge is 0.394 e. The van der Waals surface area contributed by atoms with Crippen LogP contribution in [0.3, 0.4) is 0 Å². The van der Waals surface area contributed by atoms with Gasteiger partial charge in [0.15, 0.2) is 0 Å². The first-order valence-corrected chi connectivity index (χ1v) is 10.3. The van der Waals surface area contributed by atoms with Gasteiger partial charge in [-0.1, -0.05) is 20.3 Å². The van der Waals surface area contributed by atoms with Crippen LogP contribution in [-0.4, -0.2) is 24.4 Å². The maximum Gasteiger partial charge on any atom is 0.0701 e. The van der Waals surface area contributed by atoms with Gasteiger partial charge in [-0.25, -0.2) is 0 Å². The standard InChI is InChI=1S/C21H36O2/c1-20-9-3-4-18(20)17-6-5-15-14-16(23-13-12-22)7-11-21(15,2)19(17)8-10-20/h15-19,22H,3-14H2,1-2H3. The number of hydrogen-bond acceptors (Lipinski definition) is 2. The van der Waals surface area contributed by atoms with E-state index in [1.165, 1.54) is 64.2 Å². The Labute approximate surface area is 142 Å². The first-order chi connectivity index (χ1) is 11.1. The van der Waals surface area contributed by atoms with E-state index in [-0.39, 0.29) is 6.61 Å². The van der Waals surface area contributed by atoms with E-state index in [4.69, 9.17) is 9.84 Å². The summed E-state index contributed by atoms with van der Waals surface area (Å²) < 4.78 is 5.90. The molecule has 0 aromatic heterocycles. The van der Waals surface area contributed by atoms with Crippen LogP contribution in [0.2, 0.25) is 0 Å². The summed E-state index contributed by atoms with van der Waals surface area (Å²) in [6.07, 6.45) is 14.6. The predicted molar refractivity (Wildman–Crippen MR) is 93.2 cm³/mol. The Bertz CT molecular complexity index is 436. The molecule has 0 aliphatic heterocycles. The van der Waals surface area contributed by atoms with Gasteiger partial charge in [-0.3, -0.25) is 0 Å². The molecule has 2 heteroatoms. The normalized spacial score (nSPS) is 52.6. The van der Waals surface area contributed by atoms with Gasteiger partial charge in [0.1, 0.15) is 0 Å². The molecule has 0 bridgehead atoms. The van der Waals surface area contributed by atoms with Crippen LogP contribution in [0.25, 0.3) is 0 Å². The lowest BCUT2D eigenvalue weighted by atomic mass is 9.45. The van der Waals surface area contributed by atoms with Crippen molar-refractivity contribution < 1.29 is 9.84 Å². The second-order valence-electron chi connectivity index (χ2n) is 9.73. The van der Waals surface area contributed by atoms with E-state index in [1.54, 1.807) is 0 Å². The molecule has 4 rings (SSSR count). The molecule has 4 aliphatic carbocycles. The van der Waals surface area contributed by atoms with Crippen molar-refractivity contribution in [3.63, 3.8) is 0 Å². The first kappa shape index (κ1) is 16.4. The summed E-state index contributed by atoms with van der Waals surface area (Å²) in [4.78, 5) is 0. The fourth-order valence-corrected chi connectivity index (χ4v) is 7.58. The van der Waals surface area contributed by atoms with Gasteiger partial charge in [-0.05, 0) is 92.3 Å². The van der Waals surface area contributed by atoms with Crippen molar-refractivity contribution in [1.82, 2.24) is 0 Å². The average molecular weight is 321 g/mol. The van der Waals surface area contributed by atoms with Crippen LogP contribution >= 0.6 is 0 Å². The molecule has 23 heavy (non-hydrogen) atoms. The Kier molecular flexibility index (Phi) is 4.29. The monoisotopic (exact) mass is 320 g/mol. The van der Waals surface area contributed by atoms with E-state index < -0.39 is 0 Å². The van der Waals surface area contributed by atoms with Crippen molar-refractivity contribution in [2.45, 2.75) is 84.2 Å². The molecule has 0 aromatic carbocycles. The Morgan fingerprint density at radius 1 is 0.957 bits per heavy atom. The molecule has 0 radical (unpaired) electrons. The number of ether oxygens (including phenoxy) is 1. The van der Waals surface area contributed by atoms with E-state index in [1.807, 2.05) is 0 Å². The average Bonchev–Trinajstić information content (AvgIpc) is 2.94. The lowest BCUT2D eigenvalue weighted by Gasteiger charge is -2.60. The zero-order valence-electron chi connectivity index (χ0n) is 15.2. The van der Waals surface area contributed by atoms with E-state index >= 15 is 0 Å². The van der Waals surface area contributed by atoms with Crippen molar-refractivity contribution in [2.24, 2.45) is 34.5 Å². The van der Waals surface area contributed by atoms with Crippen LogP contribution in [-0.2, 0) is 4.74 Å². The third-order valence-electron chi connectivity index (χ3n) is 8.84. The molecule has 7 unspecified atom stereocenters. The molecule has 1 N–H and O–H groups in total. The SMILES string of the molecule is CC12CCCC1C1CCC3CC(OCCO)CCC3(C)C1CC2. The van der Waals surface area contributed by atoms with E-state index in [2.05, 4.69) is 13.8 Å². The van der Waals surface area contributed by atoms with Gasteiger partial charge in [0, 0.05) is 0 Å². The quantitative estimate of drug-likeness (QED) is 0.809. The summed E-state index contributed by atoms with van der Waals surface area (Å²) in [7, 11) is 0. The third-order valence-corrected chi connectivity index (χ3v) is 8.84. The molecular weight excluding hydrogens is 284 g/mol. The van der Waals surface area contributed by atoms with E-state index in [9.17, 15) is 0 Å². The molecular formula is C21H36O2. The molecule has 132 valence electrons. The third kappa shape index (κ3) is 2.59. The Morgan fingerprint density at radius 3 is 2.65 bits per heavy atom. The van der Waals surface area contributed by atoms with Crippen molar-refractivity contribution >= 4 is 0 Å². The minimum atomic E-state index is 0.170. The van der Waals surface area contributed by atoms with Gasteiger partial charge in [0.25, 0.3) is 0 Å². The topological polar surface area (TPSA) is 29.5 Å². The second kappa shape index (κ2) is 6.02. The number of aliphatic hydroxyl groups excluding tert-OH is 1. The molecule has 4 saturated carbocycles. The highest BCUT2D eigenvalue weighted by atomic mass is 16.5. The Hall–Kier alpha value is -0.0800. The van der Waals surface area contributed by atoms with Crippen molar-refractivity contribution in [3.05, 3.63) is 0 Å². The minimum absolute atomic E-state index is 0.170. The molecule has 0 saturated heterocycles. The zero-order valence-corrected chi connectivity index (χ0v) is 15.2. The van der Waals surface area contributed by atoms with E-state index in [0.717, 1.165) is 23.7 Å². The zero-order chi connectivity index (χ0) is 16.1. The summed E-state index contributed by atoms with van der Waals surface area (Å²) in [6, 6.07) is 0. The van der Waals surface area contributed by atoms with E-state index in [0.29, 0.717) is 23.5 Å². The summed E-state index contributed by atoms with van der Waals surface area (Å²) in [5.74, 6) is 3.90. The van der Waals surface area contributed by atoms with Crippen LogP contribution in [0.5, 0.6) is 0 Å². The summed E-state index contributed by atoms with van der Waals surface area (Å²) in [5.41, 5.74) is 1.26.